The summed E-state index contributed by atoms with van der Waals surface area (Å²) >= 11 is 3.42. The van der Waals surface area contributed by atoms with Gasteiger partial charge in [0.15, 0.2) is 16.9 Å². The normalized spacial score (nSPS) is 16.0. The molecule has 4 aromatic rings. The molecule has 0 N–H and O–H groups in total. The Kier molecular flexibility index (Phi) is 7.51. The molecular formula is C32H31BrN6O4. The van der Waals surface area contributed by atoms with Gasteiger partial charge in [-0.1, -0.05) is 57.9 Å². The van der Waals surface area contributed by atoms with Crippen LogP contribution in [0.1, 0.15) is 41.0 Å². The van der Waals surface area contributed by atoms with E-state index >= 15 is 0 Å². The Hall–Kier alpha value is -4.51. The minimum Gasteiger partial charge on any atom is -0.314 e. The van der Waals surface area contributed by atoms with Crippen LogP contribution in [-0.2, 0) is 20.1 Å². The second-order valence-electron chi connectivity index (χ2n) is 11.2. The van der Waals surface area contributed by atoms with Gasteiger partial charge in [0, 0.05) is 60.1 Å². The molecule has 220 valence electrons. The van der Waals surface area contributed by atoms with Gasteiger partial charge in [0.25, 0.3) is 11.5 Å². The number of hydrogen-bond donors (Lipinski definition) is 0. The zero-order valence-corrected chi connectivity index (χ0v) is 25.7. The number of hydrogen-bond acceptors (Lipinski definition) is 6. The molecular weight excluding hydrogens is 612 g/mol. The maximum atomic E-state index is 13.9. The van der Waals surface area contributed by atoms with Gasteiger partial charge < -0.3 is 14.4 Å². The van der Waals surface area contributed by atoms with Crippen LogP contribution >= 0.6 is 15.9 Å². The lowest BCUT2D eigenvalue weighted by atomic mass is 10.1. The van der Waals surface area contributed by atoms with Crippen LogP contribution in [0, 0.1) is 5.92 Å². The molecule has 2 aliphatic rings. The number of carbonyl (C=O) groups excluding carboxylic acids is 2. The number of aromatic nitrogens is 4. The number of amides is 1. The summed E-state index contributed by atoms with van der Waals surface area (Å²) < 4.78 is 5.04. The predicted molar refractivity (Wildman–Crippen MR) is 168 cm³/mol. The zero-order valence-electron chi connectivity index (χ0n) is 24.2. The summed E-state index contributed by atoms with van der Waals surface area (Å²) in [6.45, 7) is 5.14. The van der Waals surface area contributed by atoms with E-state index in [0.717, 1.165) is 26.7 Å². The van der Waals surface area contributed by atoms with Crippen molar-refractivity contribution in [3.8, 4) is 0 Å². The first kappa shape index (κ1) is 28.6. The van der Waals surface area contributed by atoms with Gasteiger partial charge in [-0.25, -0.2) is 4.79 Å². The van der Waals surface area contributed by atoms with Crippen molar-refractivity contribution in [3.05, 3.63) is 115 Å². The highest BCUT2D eigenvalue weighted by Gasteiger charge is 2.39. The minimum atomic E-state index is -0.606. The smallest absolute Gasteiger partial charge is 0.314 e. The molecule has 2 aliphatic heterocycles. The molecule has 1 amide bonds. The summed E-state index contributed by atoms with van der Waals surface area (Å²) in [5.74, 6) is 0.239. The van der Waals surface area contributed by atoms with E-state index in [-0.39, 0.29) is 35.3 Å². The Bertz CT molecular complexity index is 1930. The number of ketones is 1. The molecule has 2 aromatic carbocycles. The van der Waals surface area contributed by atoms with Gasteiger partial charge in [-0.05, 0) is 44.5 Å². The lowest BCUT2D eigenvalue weighted by Crippen LogP contribution is -2.41. The van der Waals surface area contributed by atoms with Crippen molar-refractivity contribution in [2.45, 2.75) is 33.4 Å². The highest BCUT2D eigenvalue weighted by molar-refractivity contribution is 9.10. The number of imidazole rings is 1. The Labute approximate surface area is 256 Å². The number of aryl methyl sites for hydroxylation is 1. The number of rotatable bonds is 7. The van der Waals surface area contributed by atoms with Crippen molar-refractivity contribution in [1.82, 2.24) is 23.6 Å². The maximum Gasteiger partial charge on any atom is 0.332 e. The number of allylic oxidation sites excluding steroid dienone is 2. The Morgan fingerprint density at radius 3 is 2.42 bits per heavy atom. The first-order valence-electron chi connectivity index (χ1n) is 14.1. The molecule has 4 heterocycles. The Morgan fingerprint density at radius 2 is 1.72 bits per heavy atom. The average molecular weight is 644 g/mol. The van der Waals surface area contributed by atoms with Crippen molar-refractivity contribution >= 4 is 44.7 Å². The second-order valence-corrected chi connectivity index (χ2v) is 12.1. The van der Waals surface area contributed by atoms with Crippen molar-refractivity contribution in [3.63, 3.8) is 0 Å². The third-order valence-corrected chi connectivity index (χ3v) is 8.55. The van der Waals surface area contributed by atoms with Gasteiger partial charge in [-0.15, -0.1) is 0 Å². The number of halogens is 1. The van der Waals surface area contributed by atoms with E-state index in [1.165, 1.54) is 4.57 Å². The van der Waals surface area contributed by atoms with Gasteiger partial charge >= 0.3 is 5.69 Å². The number of carbonyl (C=O) groups is 2. The van der Waals surface area contributed by atoms with Gasteiger partial charge in [-0.2, -0.15) is 4.98 Å². The topological polar surface area (TPSA) is 102 Å². The van der Waals surface area contributed by atoms with E-state index in [2.05, 4.69) is 15.9 Å². The molecule has 10 nitrogen and oxygen atoms in total. The molecule has 11 heteroatoms. The largest absolute Gasteiger partial charge is 0.332 e. The number of anilines is 1. The number of Topliss-reactive ketones (excluding diaryl/α,β-unsaturated/α-hetero) is 1. The monoisotopic (exact) mass is 642 g/mol. The second kappa shape index (κ2) is 11.3. The fourth-order valence-electron chi connectivity index (χ4n) is 5.72. The van der Waals surface area contributed by atoms with Crippen molar-refractivity contribution in [2.75, 3.05) is 18.0 Å². The summed E-state index contributed by atoms with van der Waals surface area (Å²) in [6.07, 6.45) is 4.69. The van der Waals surface area contributed by atoms with Crippen molar-refractivity contribution < 1.29 is 9.59 Å². The molecule has 6 rings (SSSR count). The average Bonchev–Trinajstić information content (AvgIpc) is 3.70. The molecule has 0 aliphatic carbocycles. The first-order valence-corrected chi connectivity index (χ1v) is 14.9. The van der Waals surface area contributed by atoms with Gasteiger partial charge in [-0.3, -0.25) is 23.5 Å². The molecule has 1 saturated heterocycles. The lowest BCUT2D eigenvalue weighted by molar-refractivity contribution is 0.0823. The zero-order chi connectivity index (χ0) is 30.4. The lowest BCUT2D eigenvalue weighted by Gasteiger charge is -2.20. The number of benzene rings is 2. The molecule has 1 atom stereocenters. The van der Waals surface area contributed by atoms with E-state index in [9.17, 15) is 19.2 Å². The van der Waals surface area contributed by atoms with Crippen LogP contribution in [0.5, 0.6) is 0 Å². The molecule has 43 heavy (non-hydrogen) atoms. The molecule has 0 spiro atoms. The molecule has 1 fully saturated rings. The minimum absolute atomic E-state index is 0.0826. The fraction of sp³-hybridized carbons (Fsp3) is 0.281. The standard InChI is InChI=1S/C32H31BrN6O4/c1-20(2)13-15-38-27-28(35(3)32(43)39(30(27)42)19-26(40)21-7-5-4-6-8-21)34-31(38)37-16-14-23-17-36(18-25(23)37)29(41)22-9-11-24(33)12-10-22/h4-13,18,23H,14-17,19H2,1-3H3. The van der Waals surface area contributed by atoms with Crippen LogP contribution in [0.15, 0.2) is 92.2 Å². The third-order valence-electron chi connectivity index (χ3n) is 8.02. The first-order chi connectivity index (χ1) is 20.6. The summed E-state index contributed by atoms with van der Waals surface area (Å²) in [5, 5.41) is 0. The molecule has 0 radical (unpaired) electrons. The maximum absolute atomic E-state index is 13.9. The van der Waals surface area contributed by atoms with E-state index in [0.29, 0.717) is 36.7 Å². The summed E-state index contributed by atoms with van der Waals surface area (Å²) in [7, 11) is 1.57. The fourth-order valence-corrected chi connectivity index (χ4v) is 5.98. The highest BCUT2D eigenvalue weighted by atomic mass is 79.9. The van der Waals surface area contributed by atoms with Crippen molar-refractivity contribution in [2.24, 2.45) is 13.0 Å². The van der Waals surface area contributed by atoms with E-state index in [4.69, 9.17) is 4.98 Å². The van der Waals surface area contributed by atoms with Gasteiger partial charge in [0.1, 0.15) is 0 Å². The van der Waals surface area contributed by atoms with Crippen molar-refractivity contribution in [1.29, 1.82) is 0 Å². The molecule has 0 bridgehead atoms. The third kappa shape index (κ3) is 5.18. The molecule has 0 saturated carbocycles. The number of fused-ring (bicyclic) bond motifs is 2. The number of nitrogens with zero attached hydrogens (tertiary/aromatic N) is 6. The summed E-state index contributed by atoms with van der Waals surface area (Å²) in [4.78, 5) is 62.2. The van der Waals surface area contributed by atoms with Gasteiger partial charge in [0.2, 0.25) is 5.95 Å². The quantitative estimate of drug-likeness (QED) is 0.220. The van der Waals surface area contributed by atoms with Crippen LogP contribution in [0.2, 0.25) is 0 Å². The van der Waals surface area contributed by atoms with Crippen LogP contribution in [-0.4, -0.2) is 48.4 Å². The summed E-state index contributed by atoms with van der Waals surface area (Å²) in [6, 6.07) is 15.9. The van der Waals surface area contributed by atoms with E-state index in [1.54, 1.807) is 54.4 Å². The van der Waals surface area contributed by atoms with Gasteiger partial charge in [0.05, 0.1) is 6.54 Å². The van der Waals surface area contributed by atoms with Crippen LogP contribution in [0.4, 0.5) is 5.95 Å². The Balaban J connectivity index is 1.44. The van der Waals surface area contributed by atoms with E-state index < -0.39 is 11.2 Å². The molecule has 2 aromatic heterocycles. The van der Waals surface area contributed by atoms with Crippen LogP contribution in [0.25, 0.3) is 11.2 Å². The van der Waals surface area contributed by atoms with E-state index in [1.807, 2.05) is 47.7 Å². The van der Waals surface area contributed by atoms with Crippen LogP contribution < -0.4 is 16.1 Å². The van der Waals surface area contributed by atoms with Crippen LogP contribution in [0.3, 0.4) is 0 Å². The summed E-state index contributed by atoms with van der Waals surface area (Å²) in [5.41, 5.74) is 2.36. The highest BCUT2D eigenvalue weighted by Crippen LogP contribution is 2.38. The molecule has 1 unspecified atom stereocenters. The predicted octanol–water partition coefficient (Wildman–Crippen LogP) is 4.33. The Morgan fingerprint density at radius 1 is 1.00 bits per heavy atom. The SMILES string of the molecule is CC(C)=CCn1c(N2CCC3CN(C(=O)c4ccc(Br)cc4)C=C32)nc2c1c(=O)n(CC(=O)c1ccccc1)c(=O)n2C.